The molecule has 0 aromatic heterocycles. The van der Waals surface area contributed by atoms with Crippen LogP contribution in [0.1, 0.15) is 47.0 Å². The number of carbonyl (C=O) groups excluding carboxylic acids is 1. The van der Waals surface area contributed by atoms with Gasteiger partial charge in [0.1, 0.15) is 0 Å². The molecule has 1 saturated heterocycles. The Morgan fingerprint density at radius 1 is 1.44 bits per heavy atom. The molecule has 0 aromatic carbocycles. The highest BCUT2D eigenvalue weighted by Gasteiger charge is 2.43. The van der Waals surface area contributed by atoms with Gasteiger partial charge in [-0.2, -0.15) is 0 Å². The third-order valence-electron chi connectivity index (χ3n) is 3.84. The largest absolute Gasteiger partial charge is 0.353 e. The fourth-order valence-corrected chi connectivity index (χ4v) is 2.53. The Bertz CT molecular complexity index is 232. The molecule has 2 atom stereocenters. The zero-order chi connectivity index (χ0) is 12.2. The molecule has 0 bridgehead atoms. The van der Waals surface area contributed by atoms with Crippen molar-refractivity contribution in [2.45, 2.75) is 53.0 Å². The van der Waals surface area contributed by atoms with Gasteiger partial charge in [0.15, 0.2) is 0 Å². The zero-order valence-electron chi connectivity index (χ0n) is 11.1. The average molecular weight is 226 g/mol. The predicted molar refractivity (Wildman–Crippen MR) is 67.3 cm³/mol. The van der Waals surface area contributed by atoms with Crippen LogP contribution < -0.4 is 10.6 Å². The van der Waals surface area contributed by atoms with Crippen molar-refractivity contribution in [1.82, 2.24) is 10.6 Å². The molecule has 0 aromatic rings. The summed E-state index contributed by atoms with van der Waals surface area (Å²) in [6, 6.07) is 0.300. The highest BCUT2D eigenvalue weighted by Crippen LogP contribution is 2.34. The van der Waals surface area contributed by atoms with E-state index in [1.165, 1.54) is 0 Å². The summed E-state index contributed by atoms with van der Waals surface area (Å²) in [4.78, 5) is 12.3. The van der Waals surface area contributed by atoms with Crippen LogP contribution in [0.4, 0.5) is 0 Å². The molecule has 2 unspecified atom stereocenters. The van der Waals surface area contributed by atoms with Crippen molar-refractivity contribution in [3.05, 3.63) is 0 Å². The fourth-order valence-electron chi connectivity index (χ4n) is 2.53. The normalized spacial score (nSPS) is 27.1. The minimum atomic E-state index is -0.179. The maximum Gasteiger partial charge on any atom is 0.228 e. The van der Waals surface area contributed by atoms with Crippen LogP contribution in [0.25, 0.3) is 0 Å². The third-order valence-corrected chi connectivity index (χ3v) is 3.84. The van der Waals surface area contributed by atoms with E-state index in [-0.39, 0.29) is 11.3 Å². The highest BCUT2D eigenvalue weighted by molar-refractivity contribution is 5.83. The van der Waals surface area contributed by atoms with Gasteiger partial charge in [-0.15, -0.1) is 0 Å². The molecule has 1 fully saturated rings. The number of amides is 1. The number of rotatable bonds is 5. The Balaban J connectivity index is 2.62. The van der Waals surface area contributed by atoms with E-state index in [1.807, 2.05) is 0 Å². The summed E-state index contributed by atoms with van der Waals surface area (Å²) in [6.07, 6.45) is 3.15. The first kappa shape index (κ1) is 13.5. The summed E-state index contributed by atoms with van der Waals surface area (Å²) < 4.78 is 0. The Hall–Kier alpha value is -0.570. The van der Waals surface area contributed by atoms with Crippen LogP contribution in [0, 0.1) is 11.3 Å². The van der Waals surface area contributed by atoms with E-state index in [1.54, 1.807) is 0 Å². The van der Waals surface area contributed by atoms with Gasteiger partial charge in [0.25, 0.3) is 0 Å². The standard InChI is InChI=1S/C13H26N2O/c1-5-6-11(4)15-12(16)13(10(2)3)7-8-14-9-13/h10-11,14H,5-9H2,1-4H3,(H,15,16). The Kier molecular flexibility index (Phi) is 4.78. The lowest BCUT2D eigenvalue weighted by Crippen LogP contribution is -2.48. The molecule has 1 aliphatic rings. The van der Waals surface area contributed by atoms with Crippen molar-refractivity contribution in [3.63, 3.8) is 0 Å². The molecule has 94 valence electrons. The number of carbonyl (C=O) groups is 1. The molecular weight excluding hydrogens is 200 g/mol. The lowest BCUT2D eigenvalue weighted by Gasteiger charge is -2.32. The highest BCUT2D eigenvalue weighted by atomic mass is 16.2. The first-order valence-corrected chi connectivity index (χ1v) is 6.54. The van der Waals surface area contributed by atoms with E-state index in [9.17, 15) is 4.79 Å². The van der Waals surface area contributed by atoms with E-state index in [0.29, 0.717) is 12.0 Å². The van der Waals surface area contributed by atoms with E-state index in [2.05, 4.69) is 38.3 Å². The van der Waals surface area contributed by atoms with Crippen molar-refractivity contribution < 1.29 is 4.79 Å². The maximum absolute atomic E-state index is 12.3. The molecule has 1 aliphatic heterocycles. The SMILES string of the molecule is CCCC(C)NC(=O)C1(C(C)C)CCNC1. The molecule has 1 rings (SSSR count). The Labute approximate surface area is 99.4 Å². The lowest BCUT2D eigenvalue weighted by atomic mass is 9.75. The van der Waals surface area contributed by atoms with Gasteiger partial charge in [-0.1, -0.05) is 27.2 Å². The number of hydrogen-bond acceptors (Lipinski definition) is 2. The van der Waals surface area contributed by atoms with E-state index in [4.69, 9.17) is 0 Å². The molecule has 0 saturated carbocycles. The average Bonchev–Trinajstić information content (AvgIpc) is 2.67. The molecule has 0 radical (unpaired) electrons. The second-order valence-corrected chi connectivity index (χ2v) is 5.40. The fraction of sp³-hybridized carbons (Fsp3) is 0.923. The molecule has 0 aliphatic carbocycles. The number of nitrogens with one attached hydrogen (secondary N) is 2. The second-order valence-electron chi connectivity index (χ2n) is 5.40. The van der Waals surface area contributed by atoms with Gasteiger partial charge >= 0.3 is 0 Å². The van der Waals surface area contributed by atoms with Crippen molar-refractivity contribution >= 4 is 5.91 Å². The van der Waals surface area contributed by atoms with Crippen molar-refractivity contribution in [3.8, 4) is 0 Å². The second kappa shape index (κ2) is 5.67. The third kappa shape index (κ3) is 2.76. The van der Waals surface area contributed by atoms with Crippen molar-refractivity contribution in [1.29, 1.82) is 0 Å². The van der Waals surface area contributed by atoms with Crippen LogP contribution in [0.3, 0.4) is 0 Å². The summed E-state index contributed by atoms with van der Waals surface area (Å²) in [7, 11) is 0. The van der Waals surface area contributed by atoms with E-state index in [0.717, 1.165) is 32.4 Å². The number of hydrogen-bond donors (Lipinski definition) is 2. The topological polar surface area (TPSA) is 41.1 Å². The molecule has 16 heavy (non-hydrogen) atoms. The van der Waals surface area contributed by atoms with Gasteiger partial charge in [0.05, 0.1) is 5.41 Å². The van der Waals surface area contributed by atoms with Gasteiger partial charge in [-0.05, 0) is 32.2 Å². The Morgan fingerprint density at radius 2 is 2.12 bits per heavy atom. The summed E-state index contributed by atoms with van der Waals surface area (Å²) in [5.74, 6) is 0.643. The summed E-state index contributed by atoms with van der Waals surface area (Å²) in [6.45, 7) is 10.3. The minimum absolute atomic E-state index is 0.179. The lowest BCUT2D eigenvalue weighted by molar-refractivity contribution is -0.133. The minimum Gasteiger partial charge on any atom is -0.353 e. The van der Waals surface area contributed by atoms with E-state index >= 15 is 0 Å². The first-order chi connectivity index (χ1) is 7.53. The predicted octanol–water partition coefficient (Wildman–Crippen LogP) is 1.93. The van der Waals surface area contributed by atoms with Gasteiger partial charge < -0.3 is 10.6 Å². The van der Waals surface area contributed by atoms with Crippen LogP contribution in [0.5, 0.6) is 0 Å². The molecule has 2 N–H and O–H groups in total. The van der Waals surface area contributed by atoms with Crippen molar-refractivity contribution in [2.24, 2.45) is 11.3 Å². The van der Waals surface area contributed by atoms with E-state index < -0.39 is 0 Å². The van der Waals surface area contributed by atoms with Crippen LogP contribution in [-0.2, 0) is 4.79 Å². The van der Waals surface area contributed by atoms with Gasteiger partial charge in [0.2, 0.25) is 5.91 Å². The molecule has 1 heterocycles. The smallest absolute Gasteiger partial charge is 0.228 e. The summed E-state index contributed by atoms with van der Waals surface area (Å²) >= 11 is 0. The van der Waals surface area contributed by atoms with Crippen LogP contribution in [0.15, 0.2) is 0 Å². The molecule has 0 spiro atoms. The summed E-state index contributed by atoms with van der Waals surface area (Å²) in [5, 5.41) is 6.49. The van der Waals surface area contributed by atoms with Gasteiger partial charge in [0, 0.05) is 12.6 Å². The van der Waals surface area contributed by atoms with Crippen LogP contribution >= 0.6 is 0 Å². The quantitative estimate of drug-likeness (QED) is 0.752. The zero-order valence-corrected chi connectivity index (χ0v) is 11.1. The molecule has 3 heteroatoms. The maximum atomic E-state index is 12.3. The van der Waals surface area contributed by atoms with Crippen LogP contribution in [-0.4, -0.2) is 25.0 Å². The molecule has 3 nitrogen and oxygen atoms in total. The monoisotopic (exact) mass is 226 g/mol. The molecular formula is C13H26N2O. The summed E-state index contributed by atoms with van der Waals surface area (Å²) in [5.41, 5.74) is -0.179. The Morgan fingerprint density at radius 3 is 2.56 bits per heavy atom. The van der Waals surface area contributed by atoms with Gasteiger partial charge in [-0.3, -0.25) is 4.79 Å². The van der Waals surface area contributed by atoms with Gasteiger partial charge in [-0.25, -0.2) is 0 Å². The molecule has 1 amide bonds. The first-order valence-electron chi connectivity index (χ1n) is 6.54. The van der Waals surface area contributed by atoms with Crippen molar-refractivity contribution in [2.75, 3.05) is 13.1 Å². The van der Waals surface area contributed by atoms with Crippen LogP contribution in [0.2, 0.25) is 0 Å².